The minimum atomic E-state index is 0.329. The molecule has 27 heavy (non-hydrogen) atoms. The summed E-state index contributed by atoms with van der Waals surface area (Å²) in [6.45, 7) is 2.43. The number of anilines is 2. The Balaban J connectivity index is 1.97. The molecule has 3 rings (SSSR count). The summed E-state index contributed by atoms with van der Waals surface area (Å²) in [7, 11) is 1.69. The topological polar surface area (TPSA) is 98.3 Å². The number of hydrogen-bond acceptors (Lipinski definition) is 7. The number of ether oxygens (including phenoxy) is 1. The quantitative estimate of drug-likeness (QED) is 0.496. The van der Waals surface area contributed by atoms with Crippen LogP contribution >= 0.6 is 11.6 Å². The highest BCUT2D eigenvalue weighted by molar-refractivity contribution is 6.33. The minimum absolute atomic E-state index is 0.329. The Labute approximate surface area is 162 Å². The van der Waals surface area contributed by atoms with E-state index >= 15 is 0 Å². The molecular formula is C19H19ClN6O. The third kappa shape index (κ3) is 4.15. The summed E-state index contributed by atoms with van der Waals surface area (Å²) in [6.07, 6.45) is 6.52. The fourth-order valence-electron chi connectivity index (χ4n) is 2.54. The van der Waals surface area contributed by atoms with Crippen LogP contribution in [0, 0.1) is 0 Å². The maximum absolute atomic E-state index is 6.13. The molecule has 0 spiro atoms. The van der Waals surface area contributed by atoms with Crippen molar-refractivity contribution < 1.29 is 4.74 Å². The van der Waals surface area contributed by atoms with Crippen LogP contribution < -0.4 is 15.8 Å². The van der Waals surface area contributed by atoms with Crippen LogP contribution in [0.5, 0.6) is 5.75 Å². The number of hydrogen-bond donors (Lipinski definition) is 2. The summed E-state index contributed by atoms with van der Waals surface area (Å²) in [5, 5.41) is 4.32. The lowest BCUT2D eigenvalue weighted by molar-refractivity contribution is 0.342. The molecule has 3 aromatic rings. The molecule has 8 heteroatoms. The predicted octanol–water partition coefficient (Wildman–Crippen LogP) is 3.82. The Morgan fingerprint density at radius 1 is 1.33 bits per heavy atom. The molecule has 2 heterocycles. The molecule has 0 aliphatic rings. The van der Waals surface area contributed by atoms with Crippen molar-refractivity contribution in [2.45, 2.75) is 6.92 Å². The zero-order valence-electron chi connectivity index (χ0n) is 15.0. The molecule has 138 valence electrons. The van der Waals surface area contributed by atoms with Crippen LogP contribution in [0.2, 0.25) is 5.15 Å². The Kier molecular flexibility index (Phi) is 5.83. The Morgan fingerprint density at radius 2 is 2.19 bits per heavy atom. The van der Waals surface area contributed by atoms with Crippen LogP contribution in [0.25, 0.3) is 16.5 Å². The van der Waals surface area contributed by atoms with Gasteiger partial charge in [-0.25, -0.2) is 15.0 Å². The SMILES string of the molecule is CCOc1cc(C(C=NC)=CN)ccc1Nc1ncc2ccnc(Cl)c2n1. The van der Waals surface area contributed by atoms with Gasteiger partial charge in [0.05, 0.1) is 12.3 Å². The van der Waals surface area contributed by atoms with Gasteiger partial charge in [0.2, 0.25) is 5.95 Å². The monoisotopic (exact) mass is 382 g/mol. The van der Waals surface area contributed by atoms with E-state index in [1.807, 2.05) is 25.1 Å². The van der Waals surface area contributed by atoms with Crippen molar-refractivity contribution in [3.8, 4) is 5.75 Å². The van der Waals surface area contributed by atoms with Gasteiger partial charge in [-0.15, -0.1) is 0 Å². The first-order chi connectivity index (χ1) is 13.2. The van der Waals surface area contributed by atoms with Crippen molar-refractivity contribution in [2.24, 2.45) is 10.7 Å². The van der Waals surface area contributed by atoms with Gasteiger partial charge >= 0.3 is 0 Å². The molecule has 0 unspecified atom stereocenters. The van der Waals surface area contributed by atoms with Gasteiger partial charge in [0.1, 0.15) is 11.3 Å². The molecular weight excluding hydrogens is 364 g/mol. The van der Waals surface area contributed by atoms with Gasteiger partial charge < -0.3 is 15.8 Å². The Hall–Kier alpha value is -3.19. The molecule has 0 aliphatic heterocycles. The van der Waals surface area contributed by atoms with Gasteiger partial charge in [-0.05, 0) is 30.7 Å². The molecule has 1 aromatic carbocycles. The van der Waals surface area contributed by atoms with Gasteiger partial charge in [0, 0.05) is 42.8 Å². The number of aromatic nitrogens is 3. The van der Waals surface area contributed by atoms with Gasteiger partial charge in [0.15, 0.2) is 5.15 Å². The highest BCUT2D eigenvalue weighted by Crippen LogP contribution is 2.31. The van der Waals surface area contributed by atoms with E-state index in [-0.39, 0.29) is 0 Å². The molecule has 0 radical (unpaired) electrons. The molecule has 2 aromatic heterocycles. The average molecular weight is 383 g/mol. The van der Waals surface area contributed by atoms with Crippen LogP contribution in [-0.4, -0.2) is 34.8 Å². The number of nitrogens with two attached hydrogens (primary N) is 1. The highest BCUT2D eigenvalue weighted by Gasteiger charge is 2.10. The summed E-state index contributed by atoms with van der Waals surface area (Å²) in [5.74, 6) is 1.05. The highest BCUT2D eigenvalue weighted by atomic mass is 35.5. The summed E-state index contributed by atoms with van der Waals surface area (Å²) in [6, 6.07) is 7.50. The number of pyridine rings is 1. The maximum Gasteiger partial charge on any atom is 0.227 e. The summed E-state index contributed by atoms with van der Waals surface area (Å²) < 4.78 is 5.76. The number of aliphatic imine (C=N–C) groups is 1. The molecule has 0 fully saturated rings. The number of nitrogens with one attached hydrogen (secondary N) is 1. The molecule has 7 nitrogen and oxygen atoms in total. The van der Waals surface area contributed by atoms with E-state index in [0.29, 0.717) is 29.0 Å². The van der Waals surface area contributed by atoms with Crippen molar-refractivity contribution in [1.82, 2.24) is 15.0 Å². The van der Waals surface area contributed by atoms with E-state index in [2.05, 4.69) is 25.3 Å². The van der Waals surface area contributed by atoms with Crippen molar-refractivity contribution in [2.75, 3.05) is 19.0 Å². The van der Waals surface area contributed by atoms with Gasteiger partial charge in [-0.2, -0.15) is 0 Å². The standard InChI is InChI=1S/C19H19ClN6O/c1-3-27-16-8-12(14(9-21)10-22-2)4-5-15(16)25-19-24-11-13-6-7-23-18(20)17(13)26-19/h4-11H,3,21H2,1-2H3,(H,24,25,26). The Bertz CT molecular complexity index is 1020. The van der Waals surface area contributed by atoms with Gasteiger partial charge in [-0.1, -0.05) is 17.7 Å². The lowest BCUT2D eigenvalue weighted by Gasteiger charge is -2.14. The van der Waals surface area contributed by atoms with Crippen molar-refractivity contribution in [3.05, 3.63) is 53.6 Å². The predicted molar refractivity (Wildman–Crippen MR) is 110 cm³/mol. The van der Waals surface area contributed by atoms with E-state index in [1.54, 1.807) is 31.7 Å². The van der Waals surface area contributed by atoms with E-state index in [0.717, 1.165) is 22.2 Å². The van der Waals surface area contributed by atoms with Crippen LogP contribution in [0.4, 0.5) is 11.6 Å². The zero-order valence-corrected chi connectivity index (χ0v) is 15.7. The fraction of sp³-hybridized carbons (Fsp3) is 0.158. The second-order valence-corrected chi connectivity index (χ2v) is 5.87. The van der Waals surface area contributed by atoms with Crippen LogP contribution in [0.3, 0.4) is 0 Å². The average Bonchev–Trinajstić information content (AvgIpc) is 2.68. The van der Waals surface area contributed by atoms with E-state index < -0.39 is 0 Å². The van der Waals surface area contributed by atoms with Gasteiger partial charge in [-0.3, -0.25) is 4.99 Å². The lowest BCUT2D eigenvalue weighted by atomic mass is 10.1. The Morgan fingerprint density at radius 3 is 2.93 bits per heavy atom. The third-order valence-corrected chi connectivity index (χ3v) is 4.04. The second-order valence-electron chi connectivity index (χ2n) is 5.51. The van der Waals surface area contributed by atoms with Crippen LogP contribution in [-0.2, 0) is 0 Å². The van der Waals surface area contributed by atoms with Crippen molar-refractivity contribution in [3.63, 3.8) is 0 Å². The number of benzene rings is 1. The zero-order chi connectivity index (χ0) is 19.2. The van der Waals surface area contributed by atoms with Crippen molar-refractivity contribution >= 4 is 45.9 Å². The molecule has 0 bridgehead atoms. The number of nitrogens with zero attached hydrogens (tertiary/aromatic N) is 4. The second kappa shape index (κ2) is 8.46. The lowest BCUT2D eigenvalue weighted by Crippen LogP contribution is -2.02. The molecule has 0 amide bonds. The third-order valence-electron chi connectivity index (χ3n) is 3.76. The van der Waals surface area contributed by atoms with Crippen molar-refractivity contribution in [1.29, 1.82) is 0 Å². The summed E-state index contributed by atoms with van der Waals surface area (Å²) in [5.41, 5.74) is 8.69. The number of allylic oxidation sites excluding steroid dienone is 1. The smallest absolute Gasteiger partial charge is 0.227 e. The molecule has 0 atom stereocenters. The van der Waals surface area contributed by atoms with Gasteiger partial charge in [0.25, 0.3) is 0 Å². The number of fused-ring (bicyclic) bond motifs is 1. The molecule has 0 saturated heterocycles. The first-order valence-corrected chi connectivity index (χ1v) is 8.69. The number of halogens is 1. The fourth-order valence-corrected chi connectivity index (χ4v) is 2.74. The number of rotatable bonds is 6. The van der Waals surface area contributed by atoms with Crippen LogP contribution in [0.1, 0.15) is 12.5 Å². The molecule has 0 saturated carbocycles. The maximum atomic E-state index is 6.13. The van der Waals surface area contributed by atoms with E-state index in [4.69, 9.17) is 22.1 Å². The summed E-state index contributed by atoms with van der Waals surface area (Å²) >= 11 is 6.13. The van der Waals surface area contributed by atoms with E-state index in [1.165, 1.54) is 6.20 Å². The first-order valence-electron chi connectivity index (χ1n) is 8.31. The van der Waals surface area contributed by atoms with E-state index in [9.17, 15) is 0 Å². The molecule has 3 N–H and O–H groups in total. The summed E-state index contributed by atoms with van der Waals surface area (Å²) in [4.78, 5) is 16.9. The largest absolute Gasteiger partial charge is 0.492 e. The first kappa shape index (κ1) is 18.6. The van der Waals surface area contributed by atoms with Crippen LogP contribution in [0.15, 0.2) is 47.9 Å². The molecule has 0 aliphatic carbocycles. The minimum Gasteiger partial charge on any atom is -0.492 e. The normalized spacial score (nSPS) is 11.9.